The van der Waals surface area contributed by atoms with E-state index >= 15 is 0 Å². The number of hydrogen-bond donors (Lipinski definition) is 0. The summed E-state index contributed by atoms with van der Waals surface area (Å²) in [5.74, 6) is 0. The molecule has 6 nitrogen and oxygen atoms in total. The molecule has 2 saturated heterocycles. The molecule has 0 unspecified atom stereocenters. The van der Waals surface area contributed by atoms with Crippen LogP contribution in [0, 0.1) is 10.1 Å². The maximum atomic E-state index is 11.4. The largest absolute Gasteiger partial charge is 0.371 e. The van der Waals surface area contributed by atoms with Crippen molar-refractivity contribution >= 4 is 17.1 Å². The SMILES string of the molecule is CN1CCN(c2ccc(N3CCCC3)cc2[N+](=O)[O-])CC1. The molecule has 0 amide bonds. The van der Waals surface area contributed by atoms with Crippen LogP contribution in [0.1, 0.15) is 12.8 Å². The molecule has 0 bridgehead atoms. The number of likely N-dealkylation sites (N-methyl/N-ethyl adjacent to an activating group) is 1. The van der Waals surface area contributed by atoms with E-state index in [4.69, 9.17) is 0 Å². The number of benzene rings is 1. The molecule has 6 heteroatoms. The molecule has 114 valence electrons. The zero-order valence-electron chi connectivity index (χ0n) is 12.5. The van der Waals surface area contributed by atoms with Gasteiger partial charge in [0.2, 0.25) is 0 Å². The quantitative estimate of drug-likeness (QED) is 0.629. The molecule has 2 aliphatic heterocycles. The van der Waals surface area contributed by atoms with Gasteiger partial charge in [0.1, 0.15) is 5.69 Å². The molecule has 0 saturated carbocycles. The maximum absolute atomic E-state index is 11.4. The van der Waals surface area contributed by atoms with E-state index in [1.807, 2.05) is 12.1 Å². The van der Waals surface area contributed by atoms with Crippen molar-refractivity contribution in [2.24, 2.45) is 0 Å². The third-order valence-corrected chi connectivity index (χ3v) is 4.47. The van der Waals surface area contributed by atoms with Crippen molar-refractivity contribution in [3.05, 3.63) is 28.3 Å². The molecule has 1 aromatic carbocycles. The number of rotatable bonds is 3. The average Bonchev–Trinajstić information content (AvgIpc) is 3.02. The first-order valence-electron chi connectivity index (χ1n) is 7.62. The van der Waals surface area contributed by atoms with Crippen LogP contribution in [0.2, 0.25) is 0 Å². The summed E-state index contributed by atoms with van der Waals surface area (Å²) in [7, 11) is 2.09. The van der Waals surface area contributed by atoms with Gasteiger partial charge in [-0.2, -0.15) is 0 Å². The number of anilines is 2. The first-order chi connectivity index (χ1) is 10.1. The molecular formula is C15H22N4O2. The molecular weight excluding hydrogens is 268 g/mol. The van der Waals surface area contributed by atoms with Gasteiger partial charge in [-0.1, -0.05) is 0 Å². The van der Waals surface area contributed by atoms with Crippen LogP contribution >= 0.6 is 0 Å². The topological polar surface area (TPSA) is 52.9 Å². The van der Waals surface area contributed by atoms with Crippen LogP contribution in [0.25, 0.3) is 0 Å². The second-order valence-electron chi connectivity index (χ2n) is 5.91. The molecule has 0 radical (unpaired) electrons. The lowest BCUT2D eigenvalue weighted by Gasteiger charge is -2.33. The minimum Gasteiger partial charge on any atom is -0.371 e. The molecule has 2 aliphatic rings. The monoisotopic (exact) mass is 290 g/mol. The molecule has 1 aromatic rings. The van der Waals surface area contributed by atoms with Crippen molar-refractivity contribution in [3.63, 3.8) is 0 Å². The summed E-state index contributed by atoms with van der Waals surface area (Å²) in [5, 5.41) is 11.4. The number of piperazine rings is 1. The van der Waals surface area contributed by atoms with E-state index < -0.39 is 0 Å². The predicted octanol–water partition coefficient (Wildman–Crippen LogP) is 1.95. The molecule has 2 heterocycles. The molecule has 0 atom stereocenters. The van der Waals surface area contributed by atoms with Gasteiger partial charge in [0, 0.05) is 51.0 Å². The van der Waals surface area contributed by atoms with E-state index in [1.165, 1.54) is 12.8 Å². The molecule has 0 aliphatic carbocycles. The van der Waals surface area contributed by atoms with Gasteiger partial charge in [-0.3, -0.25) is 10.1 Å². The van der Waals surface area contributed by atoms with E-state index in [0.29, 0.717) is 0 Å². The van der Waals surface area contributed by atoms with Gasteiger partial charge >= 0.3 is 0 Å². The van der Waals surface area contributed by atoms with Crippen LogP contribution in [-0.4, -0.2) is 56.1 Å². The first kappa shape index (κ1) is 14.1. The Hall–Kier alpha value is -1.82. The lowest BCUT2D eigenvalue weighted by atomic mass is 10.2. The van der Waals surface area contributed by atoms with Gasteiger partial charge in [-0.05, 0) is 32.0 Å². The summed E-state index contributed by atoms with van der Waals surface area (Å²) in [5.41, 5.74) is 1.98. The lowest BCUT2D eigenvalue weighted by Crippen LogP contribution is -2.44. The highest BCUT2D eigenvalue weighted by Gasteiger charge is 2.24. The summed E-state index contributed by atoms with van der Waals surface area (Å²) in [6, 6.07) is 5.71. The van der Waals surface area contributed by atoms with Gasteiger partial charge < -0.3 is 14.7 Å². The van der Waals surface area contributed by atoms with Gasteiger partial charge in [0.05, 0.1) is 4.92 Å². The first-order valence-corrected chi connectivity index (χ1v) is 7.62. The number of nitro groups is 1. The Labute approximate surface area is 125 Å². The molecule has 21 heavy (non-hydrogen) atoms. The maximum Gasteiger partial charge on any atom is 0.294 e. The minimum atomic E-state index is -0.243. The highest BCUT2D eigenvalue weighted by Crippen LogP contribution is 2.34. The Morgan fingerprint density at radius 1 is 1.00 bits per heavy atom. The Morgan fingerprint density at radius 2 is 1.67 bits per heavy atom. The lowest BCUT2D eigenvalue weighted by molar-refractivity contribution is -0.384. The zero-order valence-corrected chi connectivity index (χ0v) is 12.5. The van der Waals surface area contributed by atoms with Crippen LogP contribution in [0.5, 0.6) is 0 Å². The van der Waals surface area contributed by atoms with Gasteiger partial charge in [0.15, 0.2) is 0 Å². The highest BCUT2D eigenvalue weighted by atomic mass is 16.6. The molecule has 3 rings (SSSR count). The van der Waals surface area contributed by atoms with Gasteiger partial charge in [-0.15, -0.1) is 0 Å². The van der Waals surface area contributed by atoms with Gasteiger partial charge in [0.25, 0.3) is 5.69 Å². The van der Waals surface area contributed by atoms with E-state index in [9.17, 15) is 10.1 Å². The molecule has 0 N–H and O–H groups in total. The number of nitrogens with zero attached hydrogens (tertiary/aromatic N) is 4. The van der Waals surface area contributed by atoms with Gasteiger partial charge in [-0.25, -0.2) is 0 Å². The minimum absolute atomic E-state index is 0.240. The summed E-state index contributed by atoms with van der Waals surface area (Å²) in [4.78, 5) is 17.8. The van der Waals surface area contributed by atoms with Crippen molar-refractivity contribution in [3.8, 4) is 0 Å². The number of hydrogen-bond acceptors (Lipinski definition) is 5. The fourth-order valence-corrected chi connectivity index (χ4v) is 3.14. The molecule has 2 fully saturated rings. The van der Waals surface area contributed by atoms with Crippen LogP contribution < -0.4 is 9.80 Å². The second-order valence-corrected chi connectivity index (χ2v) is 5.91. The highest BCUT2D eigenvalue weighted by molar-refractivity contribution is 5.70. The van der Waals surface area contributed by atoms with Crippen LogP contribution in [-0.2, 0) is 0 Å². The van der Waals surface area contributed by atoms with E-state index in [-0.39, 0.29) is 10.6 Å². The third kappa shape index (κ3) is 2.95. The summed E-state index contributed by atoms with van der Waals surface area (Å²) in [6.07, 6.45) is 2.35. The summed E-state index contributed by atoms with van der Waals surface area (Å²) < 4.78 is 0. The fraction of sp³-hybridized carbons (Fsp3) is 0.600. The smallest absolute Gasteiger partial charge is 0.294 e. The Balaban J connectivity index is 1.87. The summed E-state index contributed by atoms with van der Waals surface area (Å²) >= 11 is 0. The van der Waals surface area contributed by atoms with Crippen molar-refractivity contribution < 1.29 is 4.92 Å². The van der Waals surface area contributed by atoms with E-state index in [0.717, 1.165) is 50.6 Å². The Morgan fingerprint density at radius 3 is 2.29 bits per heavy atom. The average molecular weight is 290 g/mol. The standard InChI is InChI=1S/C15H22N4O2/c1-16-8-10-18(11-9-16)14-5-4-13(12-15(14)19(20)21)17-6-2-3-7-17/h4-5,12H,2-3,6-11H2,1H3. The van der Waals surface area contributed by atoms with Crippen molar-refractivity contribution in [2.45, 2.75) is 12.8 Å². The molecule has 0 spiro atoms. The second kappa shape index (κ2) is 5.89. The third-order valence-electron chi connectivity index (χ3n) is 4.47. The van der Waals surface area contributed by atoms with Crippen LogP contribution in [0.15, 0.2) is 18.2 Å². The predicted molar refractivity (Wildman–Crippen MR) is 84.3 cm³/mol. The van der Waals surface area contributed by atoms with Crippen molar-refractivity contribution in [1.82, 2.24) is 4.90 Å². The van der Waals surface area contributed by atoms with E-state index in [2.05, 4.69) is 21.7 Å². The Kier molecular flexibility index (Phi) is 3.96. The Bertz CT molecular complexity index is 520. The van der Waals surface area contributed by atoms with Crippen molar-refractivity contribution in [2.75, 3.05) is 56.1 Å². The zero-order chi connectivity index (χ0) is 14.8. The van der Waals surface area contributed by atoms with Crippen molar-refractivity contribution in [1.29, 1.82) is 0 Å². The van der Waals surface area contributed by atoms with Crippen LogP contribution in [0.3, 0.4) is 0 Å². The summed E-state index contributed by atoms with van der Waals surface area (Å²) in [6.45, 7) is 5.60. The normalized spacial score (nSPS) is 20.0. The molecule has 0 aromatic heterocycles. The fourth-order valence-electron chi connectivity index (χ4n) is 3.14. The van der Waals surface area contributed by atoms with E-state index in [1.54, 1.807) is 6.07 Å². The van der Waals surface area contributed by atoms with Crippen LogP contribution in [0.4, 0.5) is 17.1 Å². The number of nitro benzene ring substituents is 1.